The normalized spacial score (nSPS) is 10.6. The molecule has 100 valence electrons. The van der Waals surface area contributed by atoms with Crippen molar-refractivity contribution in [3.8, 4) is 0 Å². The van der Waals surface area contributed by atoms with Crippen molar-refractivity contribution in [2.45, 2.75) is 6.54 Å². The van der Waals surface area contributed by atoms with Gasteiger partial charge in [0.1, 0.15) is 11.6 Å². The second-order valence-corrected chi connectivity index (χ2v) is 5.44. The van der Waals surface area contributed by atoms with E-state index in [-0.39, 0.29) is 16.6 Å². The van der Waals surface area contributed by atoms with Crippen molar-refractivity contribution in [1.29, 1.82) is 0 Å². The summed E-state index contributed by atoms with van der Waals surface area (Å²) in [4.78, 5) is 0. The molecule has 1 nitrogen and oxygen atoms in total. The van der Waals surface area contributed by atoms with Crippen molar-refractivity contribution >= 4 is 44.8 Å². The molecule has 2 aromatic rings. The lowest BCUT2D eigenvalue weighted by Crippen LogP contribution is -2.06. The predicted octanol–water partition coefficient (Wildman–Crippen LogP) is 5.65. The van der Waals surface area contributed by atoms with Crippen LogP contribution in [0.3, 0.4) is 0 Å². The van der Waals surface area contributed by atoms with Gasteiger partial charge in [-0.05, 0) is 40.2 Å². The Labute approximate surface area is 127 Å². The van der Waals surface area contributed by atoms with Crippen molar-refractivity contribution in [1.82, 2.24) is 0 Å². The van der Waals surface area contributed by atoms with Gasteiger partial charge in [-0.1, -0.05) is 29.3 Å². The summed E-state index contributed by atoms with van der Waals surface area (Å²) in [6, 6.07) is 7.48. The van der Waals surface area contributed by atoms with Crippen LogP contribution in [0.15, 0.2) is 34.8 Å². The molecule has 0 amide bonds. The molecule has 0 atom stereocenters. The lowest BCUT2D eigenvalue weighted by molar-refractivity contribution is 0.555. The molecule has 0 unspecified atom stereocenters. The molecule has 2 aromatic carbocycles. The van der Waals surface area contributed by atoms with E-state index in [1.165, 1.54) is 12.1 Å². The SMILES string of the molecule is Fc1ccc(Br)c(F)c1CNc1c(Cl)cccc1Cl. The van der Waals surface area contributed by atoms with Gasteiger partial charge in [-0.3, -0.25) is 0 Å². The van der Waals surface area contributed by atoms with Gasteiger partial charge in [-0.2, -0.15) is 0 Å². The van der Waals surface area contributed by atoms with E-state index in [1.54, 1.807) is 18.2 Å². The molecule has 0 aliphatic rings. The number of benzene rings is 2. The summed E-state index contributed by atoms with van der Waals surface area (Å²) in [7, 11) is 0. The Balaban J connectivity index is 2.27. The fraction of sp³-hybridized carbons (Fsp3) is 0.0769. The zero-order chi connectivity index (χ0) is 14.0. The van der Waals surface area contributed by atoms with E-state index in [2.05, 4.69) is 21.2 Å². The Morgan fingerprint density at radius 2 is 1.68 bits per heavy atom. The summed E-state index contributed by atoms with van der Waals surface area (Å²) >= 11 is 14.9. The zero-order valence-corrected chi connectivity index (χ0v) is 12.6. The van der Waals surface area contributed by atoms with Crippen LogP contribution < -0.4 is 5.32 Å². The summed E-state index contributed by atoms with van der Waals surface area (Å²) in [5.74, 6) is -1.27. The molecule has 0 saturated heterocycles. The first-order valence-corrected chi connectivity index (χ1v) is 6.86. The van der Waals surface area contributed by atoms with E-state index in [0.717, 1.165) is 0 Å². The molecule has 6 heteroatoms. The van der Waals surface area contributed by atoms with Gasteiger partial charge in [0, 0.05) is 12.1 Å². The third-order valence-electron chi connectivity index (χ3n) is 2.54. The molecule has 0 spiro atoms. The largest absolute Gasteiger partial charge is 0.378 e. The van der Waals surface area contributed by atoms with Gasteiger partial charge in [-0.15, -0.1) is 0 Å². The van der Waals surface area contributed by atoms with Crippen molar-refractivity contribution in [3.05, 3.63) is 62.0 Å². The minimum atomic E-state index is -0.643. The third-order valence-corrected chi connectivity index (χ3v) is 3.79. The highest BCUT2D eigenvalue weighted by molar-refractivity contribution is 9.10. The van der Waals surface area contributed by atoms with Gasteiger partial charge in [0.05, 0.1) is 20.2 Å². The van der Waals surface area contributed by atoms with E-state index in [9.17, 15) is 8.78 Å². The van der Waals surface area contributed by atoms with Crippen molar-refractivity contribution in [2.24, 2.45) is 0 Å². The standard InChI is InChI=1S/C13H8BrCl2F2N/c14-8-4-5-11(17)7(12(8)18)6-19-13-9(15)2-1-3-10(13)16/h1-5,19H,6H2. The van der Waals surface area contributed by atoms with E-state index in [0.29, 0.717) is 15.7 Å². The molecule has 0 fully saturated rings. The molecule has 0 aliphatic heterocycles. The quantitative estimate of drug-likeness (QED) is 0.692. The summed E-state index contributed by atoms with van der Waals surface area (Å²) in [6.07, 6.45) is 0. The maximum atomic E-state index is 13.8. The van der Waals surface area contributed by atoms with Crippen LogP contribution in [-0.4, -0.2) is 0 Å². The number of anilines is 1. The van der Waals surface area contributed by atoms with Crippen molar-refractivity contribution in [2.75, 3.05) is 5.32 Å². The van der Waals surface area contributed by atoms with Crippen LogP contribution in [0.1, 0.15) is 5.56 Å². The van der Waals surface area contributed by atoms with Crippen LogP contribution >= 0.6 is 39.1 Å². The van der Waals surface area contributed by atoms with E-state index < -0.39 is 11.6 Å². The monoisotopic (exact) mass is 365 g/mol. The average Bonchev–Trinajstić information content (AvgIpc) is 2.37. The Bertz CT molecular complexity index is 600. The van der Waals surface area contributed by atoms with E-state index >= 15 is 0 Å². The second kappa shape index (κ2) is 6.07. The molecule has 0 aliphatic carbocycles. The molecule has 0 heterocycles. The highest BCUT2D eigenvalue weighted by Gasteiger charge is 2.13. The second-order valence-electron chi connectivity index (χ2n) is 3.77. The smallest absolute Gasteiger partial charge is 0.145 e. The summed E-state index contributed by atoms with van der Waals surface area (Å²) < 4.78 is 27.5. The van der Waals surface area contributed by atoms with E-state index in [1.807, 2.05) is 0 Å². The molecule has 0 saturated carbocycles. The third kappa shape index (κ3) is 3.19. The first-order valence-electron chi connectivity index (χ1n) is 5.31. The van der Waals surface area contributed by atoms with Crippen LogP contribution in [0.25, 0.3) is 0 Å². The predicted molar refractivity (Wildman–Crippen MR) is 77.8 cm³/mol. The molecule has 1 N–H and O–H groups in total. The fourth-order valence-electron chi connectivity index (χ4n) is 1.57. The molecular weight excluding hydrogens is 359 g/mol. The molecule has 0 radical (unpaired) electrons. The number of para-hydroxylation sites is 1. The fourth-order valence-corrected chi connectivity index (χ4v) is 2.48. The number of hydrogen-bond donors (Lipinski definition) is 1. The van der Waals surface area contributed by atoms with Crippen LogP contribution in [0.5, 0.6) is 0 Å². The van der Waals surface area contributed by atoms with Gasteiger partial charge in [-0.25, -0.2) is 8.78 Å². The minimum Gasteiger partial charge on any atom is -0.378 e. The molecule has 2 rings (SSSR count). The average molecular weight is 367 g/mol. The van der Waals surface area contributed by atoms with Crippen molar-refractivity contribution < 1.29 is 8.78 Å². The number of nitrogens with one attached hydrogen (secondary N) is 1. The zero-order valence-electron chi connectivity index (χ0n) is 9.48. The van der Waals surface area contributed by atoms with Gasteiger partial charge in [0.2, 0.25) is 0 Å². The Morgan fingerprint density at radius 1 is 1.05 bits per heavy atom. The highest BCUT2D eigenvalue weighted by Crippen LogP contribution is 2.31. The first-order chi connectivity index (χ1) is 9.00. The number of hydrogen-bond acceptors (Lipinski definition) is 1. The van der Waals surface area contributed by atoms with Crippen LogP contribution in [0.4, 0.5) is 14.5 Å². The summed E-state index contributed by atoms with van der Waals surface area (Å²) in [6.45, 7) is -0.0550. The maximum Gasteiger partial charge on any atom is 0.145 e. The van der Waals surface area contributed by atoms with Gasteiger partial charge in [0.15, 0.2) is 0 Å². The maximum absolute atomic E-state index is 13.8. The van der Waals surface area contributed by atoms with Crippen LogP contribution in [0, 0.1) is 11.6 Å². The Morgan fingerprint density at radius 3 is 2.32 bits per heavy atom. The van der Waals surface area contributed by atoms with Gasteiger partial charge >= 0.3 is 0 Å². The summed E-state index contributed by atoms with van der Waals surface area (Å²) in [5, 5.41) is 3.63. The Hall–Kier alpha value is -0.840. The van der Waals surface area contributed by atoms with Gasteiger partial charge < -0.3 is 5.32 Å². The number of rotatable bonds is 3. The number of halogens is 5. The van der Waals surface area contributed by atoms with E-state index in [4.69, 9.17) is 23.2 Å². The van der Waals surface area contributed by atoms with Crippen molar-refractivity contribution in [3.63, 3.8) is 0 Å². The Kier molecular flexibility index (Phi) is 4.66. The first kappa shape index (κ1) is 14.6. The van der Waals surface area contributed by atoms with Crippen LogP contribution in [0.2, 0.25) is 10.0 Å². The summed E-state index contributed by atoms with van der Waals surface area (Å²) in [5.41, 5.74) is 0.370. The lowest BCUT2D eigenvalue weighted by atomic mass is 10.2. The lowest BCUT2D eigenvalue weighted by Gasteiger charge is -2.12. The molecular formula is C13H8BrCl2F2N. The topological polar surface area (TPSA) is 12.0 Å². The highest BCUT2D eigenvalue weighted by atomic mass is 79.9. The van der Waals surface area contributed by atoms with Gasteiger partial charge in [0.25, 0.3) is 0 Å². The molecule has 0 aromatic heterocycles. The van der Waals surface area contributed by atoms with Crippen LogP contribution in [-0.2, 0) is 6.54 Å². The molecule has 19 heavy (non-hydrogen) atoms. The molecule has 0 bridgehead atoms. The minimum absolute atomic E-state index is 0.0550.